The first-order chi connectivity index (χ1) is 43.1. The highest BCUT2D eigenvalue weighted by molar-refractivity contribution is 7.18. The Bertz CT molecular complexity index is 3850. The van der Waals surface area contributed by atoms with Crippen molar-refractivity contribution in [1.29, 1.82) is 0 Å². The predicted molar refractivity (Wildman–Crippen MR) is 348 cm³/mol. The first-order valence-corrected chi connectivity index (χ1v) is 48.6. The zero-order chi connectivity index (χ0) is 61.1. The Kier molecular flexibility index (Phi) is 16.0. The molecule has 8 heterocycles. The van der Waals surface area contributed by atoms with Crippen LogP contribution in [0.5, 0.6) is 0 Å². The summed E-state index contributed by atoms with van der Waals surface area (Å²) in [6.45, 7) is 6.72. The summed E-state index contributed by atoms with van der Waals surface area (Å²) in [6.07, 6.45) is 0.542. The quantitative estimate of drug-likeness (QED) is 0.0723. The zero-order valence-electron chi connectivity index (χ0n) is 49.2. The fraction of sp³-hybridized carbons (Fsp3) is 0.180. The van der Waals surface area contributed by atoms with Crippen molar-refractivity contribution >= 4 is 141 Å². The number of fused-ring (bicyclic) bond motifs is 4. The summed E-state index contributed by atoms with van der Waals surface area (Å²) in [5.74, 6) is -0.883. The normalized spacial score (nSPS) is 34.3. The van der Waals surface area contributed by atoms with Crippen LogP contribution >= 0.6 is 0 Å². The average molecular weight is 1370 g/mol. The van der Waals surface area contributed by atoms with Gasteiger partial charge in [-0.1, -0.05) is 243 Å². The van der Waals surface area contributed by atoms with Gasteiger partial charge in [0.25, 0.3) is 0 Å². The van der Waals surface area contributed by atoms with E-state index in [-0.39, 0.29) is 38.1 Å². The van der Waals surface area contributed by atoms with Crippen molar-refractivity contribution in [2.75, 3.05) is 13.2 Å². The number of esters is 2. The van der Waals surface area contributed by atoms with Crippen molar-refractivity contribution < 1.29 is 77.3 Å². The van der Waals surface area contributed by atoms with Crippen LogP contribution in [0.25, 0.3) is 0 Å². The number of hydrogen-bond donors (Lipinski definition) is 0. The van der Waals surface area contributed by atoms with Crippen molar-refractivity contribution in [2.24, 2.45) is 0 Å². The van der Waals surface area contributed by atoms with Crippen LogP contribution < -0.4 is 41.5 Å². The Balaban J connectivity index is 1.26. The van der Waals surface area contributed by atoms with Crippen molar-refractivity contribution in [1.82, 2.24) is 0 Å². The van der Waals surface area contributed by atoms with Crippen LogP contribution in [0, 0.1) is 0 Å². The second-order valence-corrected chi connectivity index (χ2v) is 54.0. The van der Waals surface area contributed by atoms with Gasteiger partial charge in [0.05, 0.1) is 13.2 Å². The Labute approximate surface area is 527 Å². The van der Waals surface area contributed by atoms with E-state index in [1.807, 2.05) is 256 Å². The fourth-order valence-corrected chi connectivity index (χ4v) is 73.5. The first kappa shape index (κ1) is 60.8. The van der Waals surface area contributed by atoms with Gasteiger partial charge in [-0.05, 0) is 48.4 Å². The molecule has 8 saturated heterocycles. The van der Waals surface area contributed by atoms with Crippen LogP contribution in [0.15, 0.2) is 243 Å². The highest BCUT2D eigenvalue weighted by Gasteiger charge is 2.95. The second kappa shape index (κ2) is 23.5. The minimum atomic E-state index is -5.51. The van der Waals surface area contributed by atoms with E-state index in [2.05, 4.69) is 0 Å². The minimum absolute atomic E-state index is 0.0256. The zero-order valence-corrected chi connectivity index (χ0v) is 59.2. The molecule has 8 fully saturated rings. The molecule has 0 amide bonds. The number of carbonyl (C=O) groups excluding carboxylic acids is 2. The lowest BCUT2D eigenvalue weighted by Crippen LogP contribution is -3.00. The van der Waals surface area contributed by atoms with Gasteiger partial charge in [0.2, 0.25) is 5.03 Å². The summed E-state index contributed by atoms with van der Waals surface area (Å²) >= 11 is 0. The van der Waals surface area contributed by atoms with E-state index in [1.54, 1.807) is 0 Å². The largest absolute Gasteiger partial charge is 0.524 e. The standard InChI is InChI=1S/C61H64O18Si10/c1-51(62)64-47-29-49-80(3)68-84(55-35-17-7-18-36-55)66-61-67-85(76-84,56-37-19-8-20-38-56)77-86(57-39-21-9-22-40-57)70-81(4,50-30-48-65-52(2)63)71-88(59-43-25-11-26-44-59)74-82(61,53-31-13-5-14-32-53)73-87(69-80,58-41-23-10-24-42-58)78-89(79-88,60-45-27-12-28-46-60)75-83(61,72-86)54-33-15-6-16-34-54/h5-28,31-46H,29-30,47-50H2,1-4H3. The van der Waals surface area contributed by atoms with Crippen molar-refractivity contribution in [3.63, 3.8) is 0 Å². The maximum atomic E-state index is 12.7. The lowest BCUT2D eigenvalue weighted by atomic mass is 10.4. The van der Waals surface area contributed by atoms with Gasteiger partial charge in [0.15, 0.2) is 0 Å². The summed E-state index contributed by atoms with van der Waals surface area (Å²) in [5, 5.41) is 1.46. The molecule has 0 radical (unpaired) electrons. The number of benzene rings is 8. The SMILES string of the molecule is CC(=O)OCCC[Si]1(C)O[Si]2(c3ccccc3)OC34O[Si](c5ccccc5)(O2)O[Si]2(c5ccccc5)O[Si](C)(CCCOC(C)=O)O[Si]5(c6ccccc6)O[Si](c6ccccc6)(O[Si](c6ccccc6)(O1)O[Si]3(c1ccccc1)O5)O[Si]4(c1ccccc1)O2. The maximum Gasteiger partial charge on any atom is 0.524 e. The Morgan fingerprint density at radius 3 is 0.798 bits per heavy atom. The third-order valence-electron chi connectivity index (χ3n) is 16.2. The molecule has 8 aromatic rings. The topological polar surface area (TPSA) is 182 Å². The molecule has 0 aliphatic carbocycles. The van der Waals surface area contributed by atoms with E-state index < -0.39 is 104 Å². The number of rotatable bonds is 16. The van der Waals surface area contributed by atoms with Crippen molar-refractivity contribution in [3.05, 3.63) is 243 Å². The van der Waals surface area contributed by atoms with Gasteiger partial charge in [0.1, 0.15) is 0 Å². The van der Waals surface area contributed by atoms with Crippen LogP contribution in [0.3, 0.4) is 0 Å². The number of hydrogen-bond acceptors (Lipinski definition) is 18. The molecule has 8 aliphatic rings. The van der Waals surface area contributed by atoms with Gasteiger partial charge in [-0.25, -0.2) is 0 Å². The van der Waals surface area contributed by atoms with Crippen LogP contribution in [0.1, 0.15) is 26.7 Å². The molecule has 9 bridgehead atoms. The Morgan fingerprint density at radius 1 is 0.303 bits per heavy atom. The lowest BCUT2D eigenvalue weighted by molar-refractivity contribution is -0.141. The molecule has 456 valence electrons. The summed E-state index contributed by atoms with van der Waals surface area (Å²) in [5.41, 5.74) is 0. The van der Waals surface area contributed by atoms with Crippen LogP contribution in [-0.4, -0.2) is 117 Å². The molecule has 11 unspecified atom stereocenters. The third kappa shape index (κ3) is 10.6. The predicted octanol–water partition coefficient (Wildman–Crippen LogP) is 4.90. The molecule has 18 nitrogen and oxygen atoms in total. The minimum Gasteiger partial charge on any atom is -0.466 e. The molecule has 11 atom stereocenters. The van der Waals surface area contributed by atoms with Gasteiger partial charge in [-0.15, -0.1) is 0 Å². The van der Waals surface area contributed by atoms with E-state index in [9.17, 15) is 9.59 Å². The van der Waals surface area contributed by atoms with Gasteiger partial charge >= 0.3 is 99.0 Å². The summed E-state index contributed by atoms with van der Waals surface area (Å²) in [4.78, 5) is 25.3. The number of carbonyl (C=O) groups is 2. The average Bonchev–Trinajstić information content (AvgIpc) is 1.63. The Hall–Kier alpha value is -5.69. The third-order valence-corrected chi connectivity index (χ3v) is 61.9. The lowest BCUT2D eigenvalue weighted by Gasteiger charge is -2.64. The van der Waals surface area contributed by atoms with Crippen LogP contribution in [-0.2, 0) is 77.3 Å². The molecular formula is C61H64O18Si10. The van der Waals surface area contributed by atoms with E-state index in [0.29, 0.717) is 41.5 Å². The van der Waals surface area contributed by atoms with Gasteiger partial charge in [-0.2, -0.15) is 0 Å². The smallest absolute Gasteiger partial charge is 0.466 e. The van der Waals surface area contributed by atoms with Crippen molar-refractivity contribution in [2.45, 2.75) is 56.9 Å². The highest BCUT2D eigenvalue weighted by atomic mass is 28.6. The molecule has 8 aliphatic heterocycles. The summed E-state index contributed by atoms with van der Waals surface area (Å²) in [6, 6.07) is 77.2. The first-order valence-electron chi connectivity index (χ1n) is 29.6. The summed E-state index contributed by atoms with van der Waals surface area (Å²) in [7, 11) is -50.1. The highest BCUT2D eigenvalue weighted by Crippen LogP contribution is 2.58. The molecule has 89 heavy (non-hydrogen) atoms. The molecule has 0 N–H and O–H groups in total. The Morgan fingerprint density at radius 2 is 0.517 bits per heavy atom. The van der Waals surface area contributed by atoms with E-state index in [4.69, 9.17) is 67.7 Å². The molecular weight excluding hydrogens is 1300 g/mol. The summed E-state index contributed by atoms with van der Waals surface area (Å²) < 4.78 is 132. The van der Waals surface area contributed by atoms with E-state index in [1.165, 1.54) is 13.8 Å². The second-order valence-electron chi connectivity index (χ2n) is 22.7. The van der Waals surface area contributed by atoms with E-state index >= 15 is 0 Å². The molecule has 1 spiro atoms. The monoisotopic (exact) mass is 1360 g/mol. The van der Waals surface area contributed by atoms with Crippen molar-refractivity contribution in [3.8, 4) is 0 Å². The molecule has 16 rings (SSSR count). The number of ether oxygens (including phenoxy) is 2. The van der Waals surface area contributed by atoms with Gasteiger partial charge < -0.3 is 67.7 Å². The van der Waals surface area contributed by atoms with Gasteiger partial charge in [0, 0.05) is 45.0 Å². The molecule has 8 aromatic carbocycles. The maximum absolute atomic E-state index is 12.7. The van der Waals surface area contributed by atoms with Gasteiger partial charge in [-0.3, -0.25) is 9.59 Å². The van der Waals surface area contributed by atoms with E-state index in [0.717, 1.165) is 0 Å². The fourth-order valence-electron chi connectivity index (χ4n) is 12.5. The van der Waals surface area contributed by atoms with Crippen LogP contribution in [0.2, 0.25) is 25.2 Å². The molecule has 0 saturated carbocycles. The van der Waals surface area contributed by atoms with Crippen LogP contribution in [0.4, 0.5) is 0 Å². The molecule has 28 heteroatoms. The molecule has 0 aromatic heterocycles.